The summed E-state index contributed by atoms with van der Waals surface area (Å²) in [6.07, 6.45) is 2.64. The van der Waals surface area contributed by atoms with Gasteiger partial charge < -0.3 is 19.5 Å². The number of methoxy groups -OCH3 is 1. The summed E-state index contributed by atoms with van der Waals surface area (Å²) < 4.78 is 17.3. The molecule has 4 heteroatoms. The third-order valence-electron chi connectivity index (χ3n) is 4.46. The summed E-state index contributed by atoms with van der Waals surface area (Å²) in [5.74, 6) is 1.58. The van der Waals surface area contributed by atoms with Crippen LogP contribution in [-0.2, 0) is 17.9 Å². The van der Waals surface area contributed by atoms with Gasteiger partial charge in [0.2, 0.25) is 0 Å². The van der Waals surface area contributed by atoms with Crippen LogP contribution >= 0.6 is 0 Å². The summed E-state index contributed by atoms with van der Waals surface area (Å²) >= 11 is 0. The predicted molar refractivity (Wildman–Crippen MR) is 99.2 cm³/mol. The summed E-state index contributed by atoms with van der Waals surface area (Å²) in [4.78, 5) is 0. The Morgan fingerprint density at radius 3 is 2.84 bits per heavy atom. The molecular weight excluding hydrogens is 314 g/mol. The van der Waals surface area contributed by atoms with Crippen molar-refractivity contribution in [3.05, 3.63) is 59.2 Å². The maximum Gasteiger partial charge on any atom is 0.166 e. The van der Waals surface area contributed by atoms with Crippen molar-refractivity contribution in [3.63, 3.8) is 0 Å². The molecule has 0 aromatic heterocycles. The normalized spacial score (nSPS) is 16.8. The Labute approximate surface area is 150 Å². The molecule has 3 rings (SSSR count). The van der Waals surface area contributed by atoms with Crippen molar-refractivity contribution in [2.75, 3.05) is 20.3 Å². The van der Waals surface area contributed by atoms with Crippen LogP contribution in [0.4, 0.5) is 0 Å². The van der Waals surface area contributed by atoms with Crippen LogP contribution in [0.3, 0.4) is 0 Å². The second kappa shape index (κ2) is 8.88. The van der Waals surface area contributed by atoms with Gasteiger partial charge in [-0.2, -0.15) is 0 Å². The van der Waals surface area contributed by atoms with E-state index < -0.39 is 0 Å². The largest absolute Gasteiger partial charge is 0.493 e. The molecule has 1 atom stereocenters. The molecule has 1 saturated heterocycles. The van der Waals surface area contributed by atoms with Gasteiger partial charge in [-0.15, -0.1) is 0 Å². The third kappa shape index (κ3) is 4.97. The molecule has 0 bridgehead atoms. The second-order valence-electron chi connectivity index (χ2n) is 6.49. The highest BCUT2D eigenvalue weighted by molar-refractivity contribution is 5.46. The smallest absolute Gasteiger partial charge is 0.166 e. The molecule has 0 amide bonds. The highest BCUT2D eigenvalue weighted by atomic mass is 16.5. The Morgan fingerprint density at radius 2 is 2.08 bits per heavy atom. The van der Waals surface area contributed by atoms with E-state index in [1.54, 1.807) is 7.11 Å². The third-order valence-corrected chi connectivity index (χ3v) is 4.46. The molecule has 4 nitrogen and oxygen atoms in total. The summed E-state index contributed by atoms with van der Waals surface area (Å²) in [6, 6.07) is 14.4. The first kappa shape index (κ1) is 17.8. The average molecular weight is 341 g/mol. The van der Waals surface area contributed by atoms with E-state index >= 15 is 0 Å². The van der Waals surface area contributed by atoms with Crippen LogP contribution in [0.2, 0.25) is 0 Å². The fourth-order valence-corrected chi connectivity index (χ4v) is 3.16. The van der Waals surface area contributed by atoms with Gasteiger partial charge >= 0.3 is 0 Å². The number of nitrogens with one attached hydrogen (secondary N) is 1. The standard InChI is InChI=1S/C21H27NO3/c1-16-6-3-7-17(12-16)15-25-21-18(8-4-10-20(21)23-2)13-22-14-19-9-5-11-24-19/h3-4,6-8,10,12,19,22H,5,9,11,13-15H2,1-2H3. The van der Waals surface area contributed by atoms with Crippen molar-refractivity contribution in [2.45, 2.75) is 39.0 Å². The molecular formula is C21H27NO3. The van der Waals surface area contributed by atoms with Gasteiger partial charge in [0.1, 0.15) is 6.61 Å². The zero-order valence-electron chi connectivity index (χ0n) is 15.1. The Bertz CT molecular complexity index is 681. The molecule has 1 N–H and O–H groups in total. The molecule has 2 aromatic rings. The number of hydrogen-bond acceptors (Lipinski definition) is 4. The van der Waals surface area contributed by atoms with E-state index in [0.29, 0.717) is 12.7 Å². The number of ether oxygens (including phenoxy) is 3. The van der Waals surface area contributed by atoms with Gasteiger partial charge in [-0.25, -0.2) is 0 Å². The Hall–Kier alpha value is -2.04. The van der Waals surface area contributed by atoms with E-state index in [1.165, 1.54) is 5.56 Å². The topological polar surface area (TPSA) is 39.7 Å². The molecule has 1 aliphatic heterocycles. The highest BCUT2D eigenvalue weighted by Crippen LogP contribution is 2.32. The van der Waals surface area contributed by atoms with Gasteiger partial charge in [0, 0.05) is 25.3 Å². The molecule has 25 heavy (non-hydrogen) atoms. The number of hydrogen-bond donors (Lipinski definition) is 1. The molecule has 0 spiro atoms. The maximum atomic E-state index is 6.13. The lowest BCUT2D eigenvalue weighted by Gasteiger charge is -2.17. The predicted octanol–water partition coefficient (Wildman–Crippen LogP) is 3.85. The number of aryl methyl sites for hydroxylation is 1. The number of rotatable bonds is 8. The van der Waals surface area contributed by atoms with E-state index in [4.69, 9.17) is 14.2 Å². The lowest BCUT2D eigenvalue weighted by atomic mass is 10.1. The minimum Gasteiger partial charge on any atom is -0.493 e. The molecule has 1 fully saturated rings. The van der Waals surface area contributed by atoms with Crippen molar-refractivity contribution in [3.8, 4) is 11.5 Å². The van der Waals surface area contributed by atoms with Crippen molar-refractivity contribution in [1.82, 2.24) is 5.32 Å². The van der Waals surface area contributed by atoms with Gasteiger partial charge in [0.05, 0.1) is 13.2 Å². The molecule has 0 saturated carbocycles. The molecule has 0 radical (unpaired) electrons. The highest BCUT2D eigenvalue weighted by Gasteiger charge is 2.16. The van der Waals surface area contributed by atoms with Crippen LogP contribution < -0.4 is 14.8 Å². The summed E-state index contributed by atoms with van der Waals surface area (Å²) in [5.41, 5.74) is 3.49. The first-order valence-corrected chi connectivity index (χ1v) is 8.93. The molecule has 2 aromatic carbocycles. The van der Waals surface area contributed by atoms with E-state index in [1.807, 2.05) is 12.1 Å². The van der Waals surface area contributed by atoms with Crippen LogP contribution in [0.25, 0.3) is 0 Å². The van der Waals surface area contributed by atoms with E-state index in [9.17, 15) is 0 Å². The molecule has 1 heterocycles. The van der Waals surface area contributed by atoms with Crippen molar-refractivity contribution >= 4 is 0 Å². The average Bonchev–Trinajstić information content (AvgIpc) is 3.14. The zero-order chi connectivity index (χ0) is 17.5. The molecule has 1 aliphatic rings. The van der Waals surface area contributed by atoms with Crippen LogP contribution in [0, 0.1) is 6.92 Å². The summed E-state index contributed by atoms with van der Waals surface area (Å²) in [6.45, 7) is 5.11. The molecule has 134 valence electrons. The van der Waals surface area contributed by atoms with Gasteiger partial charge in [0.25, 0.3) is 0 Å². The molecule has 0 aliphatic carbocycles. The maximum absolute atomic E-state index is 6.13. The van der Waals surface area contributed by atoms with Gasteiger partial charge in [0.15, 0.2) is 11.5 Å². The van der Waals surface area contributed by atoms with Crippen molar-refractivity contribution in [2.24, 2.45) is 0 Å². The van der Waals surface area contributed by atoms with Crippen molar-refractivity contribution in [1.29, 1.82) is 0 Å². The van der Waals surface area contributed by atoms with Gasteiger partial charge in [-0.05, 0) is 31.4 Å². The fraction of sp³-hybridized carbons (Fsp3) is 0.429. The zero-order valence-corrected chi connectivity index (χ0v) is 15.1. The van der Waals surface area contributed by atoms with E-state index in [0.717, 1.165) is 55.2 Å². The van der Waals surface area contributed by atoms with Crippen LogP contribution in [0.15, 0.2) is 42.5 Å². The number of benzene rings is 2. The first-order valence-electron chi connectivity index (χ1n) is 8.93. The Kier molecular flexibility index (Phi) is 6.31. The Morgan fingerprint density at radius 1 is 1.20 bits per heavy atom. The summed E-state index contributed by atoms with van der Waals surface area (Å²) in [7, 11) is 1.68. The van der Waals surface area contributed by atoms with Crippen LogP contribution in [0.5, 0.6) is 11.5 Å². The van der Waals surface area contributed by atoms with Crippen LogP contribution in [-0.4, -0.2) is 26.4 Å². The molecule has 1 unspecified atom stereocenters. The monoisotopic (exact) mass is 341 g/mol. The lowest BCUT2D eigenvalue weighted by molar-refractivity contribution is 0.110. The van der Waals surface area contributed by atoms with E-state index in [-0.39, 0.29) is 0 Å². The van der Waals surface area contributed by atoms with Gasteiger partial charge in [-0.1, -0.05) is 42.0 Å². The van der Waals surface area contributed by atoms with Crippen molar-refractivity contribution < 1.29 is 14.2 Å². The van der Waals surface area contributed by atoms with Crippen LogP contribution in [0.1, 0.15) is 29.5 Å². The SMILES string of the molecule is COc1cccc(CNCC2CCCO2)c1OCc1cccc(C)c1. The quantitative estimate of drug-likeness (QED) is 0.792. The first-order chi connectivity index (χ1) is 12.3. The Balaban J connectivity index is 1.65. The summed E-state index contributed by atoms with van der Waals surface area (Å²) in [5, 5.41) is 3.48. The minimum absolute atomic E-state index is 0.335. The minimum atomic E-state index is 0.335. The fourth-order valence-electron chi connectivity index (χ4n) is 3.16. The number of para-hydroxylation sites is 1. The lowest BCUT2D eigenvalue weighted by Crippen LogP contribution is -2.26. The second-order valence-corrected chi connectivity index (χ2v) is 6.49. The van der Waals surface area contributed by atoms with Gasteiger partial charge in [-0.3, -0.25) is 0 Å². The van der Waals surface area contributed by atoms with E-state index in [2.05, 4.69) is 42.6 Å².